The fourth-order valence-corrected chi connectivity index (χ4v) is 1.86. The standard InChI is InChI=1S/C14H13FN2O2/c1-10-5-4-8-13(17(18)19)14(10)16-9-11-6-2-3-7-12(11)15/h2-8,16H,9H2,1H3. The molecule has 0 fully saturated rings. The van der Waals surface area contributed by atoms with E-state index in [1.165, 1.54) is 12.1 Å². The average Bonchev–Trinajstić information content (AvgIpc) is 2.38. The molecule has 0 unspecified atom stereocenters. The number of hydrogen-bond acceptors (Lipinski definition) is 3. The minimum absolute atomic E-state index is 0.00339. The summed E-state index contributed by atoms with van der Waals surface area (Å²) >= 11 is 0. The number of nitrogens with one attached hydrogen (secondary N) is 1. The van der Waals surface area contributed by atoms with E-state index in [-0.39, 0.29) is 18.0 Å². The van der Waals surface area contributed by atoms with Crippen molar-refractivity contribution in [1.82, 2.24) is 0 Å². The normalized spacial score (nSPS) is 10.2. The summed E-state index contributed by atoms with van der Waals surface area (Å²) in [5, 5.41) is 13.9. The number of para-hydroxylation sites is 1. The van der Waals surface area contributed by atoms with Crippen molar-refractivity contribution >= 4 is 11.4 Å². The second kappa shape index (κ2) is 5.48. The number of aryl methyl sites for hydroxylation is 1. The van der Waals surface area contributed by atoms with E-state index in [9.17, 15) is 14.5 Å². The lowest BCUT2D eigenvalue weighted by molar-refractivity contribution is -0.384. The predicted octanol–water partition coefficient (Wildman–Crippen LogP) is 3.65. The smallest absolute Gasteiger partial charge is 0.292 e. The van der Waals surface area contributed by atoms with Gasteiger partial charge >= 0.3 is 0 Å². The van der Waals surface area contributed by atoms with Crippen LogP contribution in [0.5, 0.6) is 0 Å². The van der Waals surface area contributed by atoms with Gasteiger partial charge in [0.2, 0.25) is 0 Å². The summed E-state index contributed by atoms with van der Waals surface area (Å²) in [7, 11) is 0. The Balaban J connectivity index is 2.25. The maximum Gasteiger partial charge on any atom is 0.292 e. The first-order chi connectivity index (χ1) is 9.09. The van der Waals surface area contributed by atoms with Gasteiger partial charge < -0.3 is 5.32 Å². The van der Waals surface area contributed by atoms with Gasteiger partial charge in [0.25, 0.3) is 5.69 Å². The van der Waals surface area contributed by atoms with Crippen LogP contribution in [0.1, 0.15) is 11.1 Å². The Bertz CT molecular complexity index is 614. The van der Waals surface area contributed by atoms with Gasteiger partial charge in [0.1, 0.15) is 11.5 Å². The van der Waals surface area contributed by atoms with Crippen molar-refractivity contribution < 1.29 is 9.31 Å². The van der Waals surface area contributed by atoms with E-state index < -0.39 is 4.92 Å². The molecule has 98 valence electrons. The highest BCUT2D eigenvalue weighted by Gasteiger charge is 2.15. The summed E-state index contributed by atoms with van der Waals surface area (Å²) in [4.78, 5) is 10.5. The van der Waals surface area contributed by atoms with Gasteiger partial charge in [-0.15, -0.1) is 0 Å². The molecule has 0 saturated carbocycles. The van der Waals surface area contributed by atoms with Crippen LogP contribution in [0.3, 0.4) is 0 Å². The van der Waals surface area contributed by atoms with Gasteiger partial charge in [-0.25, -0.2) is 4.39 Å². The minimum atomic E-state index is -0.448. The first kappa shape index (κ1) is 13.0. The topological polar surface area (TPSA) is 55.2 Å². The first-order valence-electron chi connectivity index (χ1n) is 5.81. The van der Waals surface area contributed by atoms with E-state index in [2.05, 4.69) is 5.32 Å². The summed E-state index contributed by atoms with van der Waals surface area (Å²) in [6.07, 6.45) is 0. The van der Waals surface area contributed by atoms with Gasteiger partial charge in [0.15, 0.2) is 0 Å². The summed E-state index contributed by atoms with van der Waals surface area (Å²) < 4.78 is 13.5. The van der Waals surface area contributed by atoms with E-state index in [4.69, 9.17) is 0 Å². The molecule has 5 heteroatoms. The van der Waals surface area contributed by atoms with E-state index in [0.29, 0.717) is 11.3 Å². The second-order valence-electron chi connectivity index (χ2n) is 4.17. The van der Waals surface area contributed by atoms with Gasteiger partial charge in [-0.2, -0.15) is 0 Å². The summed E-state index contributed by atoms with van der Waals surface area (Å²) in [5.74, 6) is -0.328. The lowest BCUT2D eigenvalue weighted by atomic mass is 10.1. The number of nitro benzene ring substituents is 1. The fraction of sp³-hybridized carbons (Fsp3) is 0.143. The largest absolute Gasteiger partial charge is 0.375 e. The number of anilines is 1. The zero-order valence-electron chi connectivity index (χ0n) is 10.4. The Morgan fingerprint density at radius 3 is 2.63 bits per heavy atom. The van der Waals surface area contributed by atoms with Crippen LogP contribution in [0.15, 0.2) is 42.5 Å². The minimum Gasteiger partial charge on any atom is -0.375 e. The Labute approximate surface area is 110 Å². The van der Waals surface area contributed by atoms with Crippen molar-refractivity contribution in [2.24, 2.45) is 0 Å². The molecule has 2 aromatic carbocycles. The van der Waals surface area contributed by atoms with E-state index >= 15 is 0 Å². The van der Waals surface area contributed by atoms with Crippen LogP contribution < -0.4 is 5.32 Å². The lowest BCUT2D eigenvalue weighted by Gasteiger charge is -2.10. The maximum absolute atomic E-state index is 13.5. The molecule has 0 aromatic heterocycles. The van der Waals surface area contributed by atoms with Gasteiger partial charge in [-0.1, -0.05) is 30.3 Å². The molecule has 0 atom stereocenters. The van der Waals surface area contributed by atoms with Gasteiger partial charge in [0.05, 0.1) is 4.92 Å². The Morgan fingerprint density at radius 1 is 1.21 bits per heavy atom. The predicted molar refractivity (Wildman–Crippen MR) is 71.6 cm³/mol. The van der Waals surface area contributed by atoms with Crippen LogP contribution in [0.25, 0.3) is 0 Å². The number of benzene rings is 2. The first-order valence-corrected chi connectivity index (χ1v) is 5.81. The summed E-state index contributed by atoms with van der Waals surface area (Å²) in [5.41, 5.74) is 1.65. The molecule has 0 radical (unpaired) electrons. The molecule has 0 aliphatic rings. The van der Waals surface area contributed by atoms with Crippen molar-refractivity contribution in [3.63, 3.8) is 0 Å². The van der Waals surface area contributed by atoms with Crippen LogP contribution in [-0.4, -0.2) is 4.92 Å². The lowest BCUT2D eigenvalue weighted by Crippen LogP contribution is -2.05. The van der Waals surface area contributed by atoms with Crippen LogP contribution >= 0.6 is 0 Å². The second-order valence-corrected chi connectivity index (χ2v) is 4.17. The maximum atomic E-state index is 13.5. The number of halogens is 1. The molecule has 0 bridgehead atoms. The third-order valence-corrected chi connectivity index (χ3v) is 2.86. The average molecular weight is 260 g/mol. The third-order valence-electron chi connectivity index (χ3n) is 2.86. The van der Waals surface area contributed by atoms with Gasteiger partial charge in [-0.05, 0) is 18.6 Å². The number of hydrogen-bond donors (Lipinski definition) is 1. The quantitative estimate of drug-likeness (QED) is 0.674. The number of rotatable bonds is 4. The summed E-state index contributed by atoms with van der Waals surface area (Å²) in [6, 6.07) is 11.2. The number of nitro groups is 1. The summed E-state index contributed by atoms with van der Waals surface area (Å²) in [6.45, 7) is 1.98. The van der Waals surface area contributed by atoms with Crippen molar-refractivity contribution in [3.8, 4) is 0 Å². The molecule has 4 nitrogen and oxygen atoms in total. The molecule has 0 aliphatic heterocycles. The van der Waals surface area contributed by atoms with Crippen molar-refractivity contribution in [2.75, 3.05) is 5.32 Å². The zero-order chi connectivity index (χ0) is 13.8. The van der Waals surface area contributed by atoms with Crippen molar-refractivity contribution in [1.29, 1.82) is 0 Å². The molecule has 0 spiro atoms. The molecule has 0 amide bonds. The Hall–Kier alpha value is -2.43. The van der Waals surface area contributed by atoms with E-state index in [1.807, 2.05) is 0 Å². The highest BCUT2D eigenvalue weighted by Crippen LogP contribution is 2.28. The molecular formula is C14H13FN2O2. The van der Waals surface area contributed by atoms with Gasteiger partial charge in [0, 0.05) is 18.2 Å². The van der Waals surface area contributed by atoms with Crippen molar-refractivity contribution in [2.45, 2.75) is 13.5 Å². The fourth-order valence-electron chi connectivity index (χ4n) is 1.86. The molecule has 2 rings (SSSR count). The SMILES string of the molecule is Cc1cccc([N+](=O)[O-])c1NCc1ccccc1F. The monoisotopic (exact) mass is 260 g/mol. The molecular weight excluding hydrogens is 247 g/mol. The van der Waals surface area contributed by atoms with E-state index in [1.54, 1.807) is 37.3 Å². The highest BCUT2D eigenvalue weighted by atomic mass is 19.1. The molecule has 1 N–H and O–H groups in total. The van der Waals surface area contributed by atoms with Gasteiger partial charge in [-0.3, -0.25) is 10.1 Å². The molecule has 0 aliphatic carbocycles. The Morgan fingerprint density at radius 2 is 1.95 bits per heavy atom. The van der Waals surface area contributed by atoms with Crippen LogP contribution in [-0.2, 0) is 6.54 Å². The molecule has 0 heterocycles. The van der Waals surface area contributed by atoms with Crippen LogP contribution in [0, 0.1) is 22.9 Å². The van der Waals surface area contributed by atoms with Crippen LogP contribution in [0.2, 0.25) is 0 Å². The van der Waals surface area contributed by atoms with E-state index in [0.717, 1.165) is 5.56 Å². The Kier molecular flexibility index (Phi) is 3.75. The molecule has 19 heavy (non-hydrogen) atoms. The molecule has 0 saturated heterocycles. The van der Waals surface area contributed by atoms with Crippen LogP contribution in [0.4, 0.5) is 15.8 Å². The third kappa shape index (κ3) is 2.88. The number of nitrogens with zero attached hydrogens (tertiary/aromatic N) is 1. The van der Waals surface area contributed by atoms with Crippen molar-refractivity contribution in [3.05, 3.63) is 69.5 Å². The molecule has 2 aromatic rings. The highest BCUT2D eigenvalue weighted by molar-refractivity contribution is 5.66. The zero-order valence-corrected chi connectivity index (χ0v) is 10.4.